The van der Waals surface area contributed by atoms with Gasteiger partial charge in [-0.3, -0.25) is 4.99 Å². The number of aliphatic imine (C=N–C) groups is 1. The van der Waals surface area contributed by atoms with Gasteiger partial charge in [-0.25, -0.2) is 0 Å². The molecule has 0 saturated heterocycles. The molecule has 3 N–H and O–H groups in total. The molecule has 0 atom stereocenters. The van der Waals surface area contributed by atoms with Crippen molar-refractivity contribution in [1.82, 2.24) is 5.32 Å². The number of benzene rings is 1. The van der Waals surface area contributed by atoms with Gasteiger partial charge in [-0.05, 0) is 30.7 Å². The average molecular weight is 314 g/mol. The lowest BCUT2D eigenvalue weighted by molar-refractivity contribution is 0.322. The first-order chi connectivity index (χ1) is 8.72. The summed E-state index contributed by atoms with van der Waals surface area (Å²) >= 11 is 3.38. The summed E-state index contributed by atoms with van der Waals surface area (Å²) in [6.07, 6.45) is 2.20. The SMILES string of the molecule is CCCCN=C(N)NCCOc1ccc(Br)cc1. The summed E-state index contributed by atoms with van der Waals surface area (Å²) in [6.45, 7) is 4.12. The van der Waals surface area contributed by atoms with Gasteiger partial charge in [-0.2, -0.15) is 0 Å². The summed E-state index contributed by atoms with van der Waals surface area (Å²) < 4.78 is 6.59. The van der Waals surface area contributed by atoms with Gasteiger partial charge in [0.05, 0.1) is 6.54 Å². The van der Waals surface area contributed by atoms with Crippen LogP contribution in [0.3, 0.4) is 0 Å². The second-order valence-corrected chi connectivity index (χ2v) is 4.77. The number of unbranched alkanes of at least 4 members (excludes halogenated alkanes) is 1. The quantitative estimate of drug-likeness (QED) is 0.462. The van der Waals surface area contributed by atoms with E-state index in [0.29, 0.717) is 19.1 Å². The van der Waals surface area contributed by atoms with Crippen molar-refractivity contribution in [3.63, 3.8) is 0 Å². The largest absolute Gasteiger partial charge is 0.492 e. The van der Waals surface area contributed by atoms with Gasteiger partial charge in [0.15, 0.2) is 5.96 Å². The molecular formula is C13H20BrN3O. The second kappa shape index (κ2) is 8.80. The van der Waals surface area contributed by atoms with Gasteiger partial charge in [-0.15, -0.1) is 0 Å². The Morgan fingerprint density at radius 1 is 1.39 bits per heavy atom. The van der Waals surface area contributed by atoms with E-state index in [4.69, 9.17) is 10.5 Å². The Kier molecular flexibility index (Phi) is 7.25. The molecule has 0 heterocycles. The van der Waals surface area contributed by atoms with Crippen LogP contribution < -0.4 is 15.8 Å². The summed E-state index contributed by atoms with van der Waals surface area (Å²) in [5.41, 5.74) is 5.69. The van der Waals surface area contributed by atoms with E-state index in [1.165, 1.54) is 0 Å². The maximum Gasteiger partial charge on any atom is 0.188 e. The lowest BCUT2D eigenvalue weighted by Crippen LogP contribution is -2.34. The molecule has 0 fully saturated rings. The summed E-state index contributed by atoms with van der Waals surface area (Å²) in [6, 6.07) is 7.73. The number of nitrogens with two attached hydrogens (primary N) is 1. The third-order valence-electron chi connectivity index (χ3n) is 2.28. The number of ether oxygens (including phenoxy) is 1. The third-order valence-corrected chi connectivity index (χ3v) is 2.81. The van der Waals surface area contributed by atoms with Crippen LogP contribution in [-0.2, 0) is 0 Å². The molecule has 0 radical (unpaired) electrons. The Morgan fingerprint density at radius 2 is 2.11 bits per heavy atom. The van der Waals surface area contributed by atoms with E-state index in [2.05, 4.69) is 33.2 Å². The molecule has 0 aliphatic heterocycles. The van der Waals surface area contributed by atoms with Crippen LogP contribution in [0.25, 0.3) is 0 Å². The molecule has 0 bridgehead atoms. The van der Waals surface area contributed by atoms with E-state index < -0.39 is 0 Å². The molecule has 0 aliphatic rings. The predicted octanol–water partition coefficient (Wildman–Crippen LogP) is 2.53. The molecule has 0 unspecified atom stereocenters. The smallest absolute Gasteiger partial charge is 0.188 e. The molecule has 0 saturated carbocycles. The molecule has 0 aliphatic carbocycles. The first-order valence-electron chi connectivity index (χ1n) is 6.14. The standard InChI is InChI=1S/C13H20BrN3O/c1-2-3-8-16-13(15)17-9-10-18-12-6-4-11(14)5-7-12/h4-7H,2-3,8-10H2,1H3,(H3,15,16,17). The zero-order chi connectivity index (χ0) is 13.2. The molecule has 0 aromatic heterocycles. The zero-order valence-electron chi connectivity index (χ0n) is 10.7. The summed E-state index contributed by atoms with van der Waals surface area (Å²) in [5.74, 6) is 1.34. The monoisotopic (exact) mass is 313 g/mol. The molecule has 18 heavy (non-hydrogen) atoms. The van der Waals surface area contributed by atoms with Crippen LogP contribution in [0, 0.1) is 0 Å². The Morgan fingerprint density at radius 3 is 2.78 bits per heavy atom. The number of halogens is 1. The molecule has 4 nitrogen and oxygen atoms in total. The van der Waals surface area contributed by atoms with Crippen molar-refractivity contribution in [3.05, 3.63) is 28.7 Å². The van der Waals surface area contributed by atoms with Crippen LogP contribution in [-0.4, -0.2) is 25.7 Å². The van der Waals surface area contributed by atoms with Crippen molar-refractivity contribution in [1.29, 1.82) is 0 Å². The molecule has 1 rings (SSSR count). The number of hydrogen-bond acceptors (Lipinski definition) is 2. The summed E-state index contributed by atoms with van der Waals surface area (Å²) in [5, 5.41) is 3.02. The van der Waals surface area contributed by atoms with Crippen LogP contribution in [0.1, 0.15) is 19.8 Å². The van der Waals surface area contributed by atoms with Crippen LogP contribution in [0.5, 0.6) is 5.75 Å². The second-order valence-electron chi connectivity index (χ2n) is 3.85. The predicted molar refractivity (Wildman–Crippen MR) is 79.0 cm³/mol. The van der Waals surface area contributed by atoms with Crippen LogP contribution in [0.15, 0.2) is 33.7 Å². The van der Waals surface area contributed by atoms with Crippen LogP contribution in [0.4, 0.5) is 0 Å². The Labute approximate surface area is 117 Å². The normalized spacial score (nSPS) is 11.3. The topological polar surface area (TPSA) is 59.6 Å². The average Bonchev–Trinajstić information content (AvgIpc) is 2.37. The minimum Gasteiger partial charge on any atom is -0.492 e. The lowest BCUT2D eigenvalue weighted by atomic mass is 10.3. The van der Waals surface area contributed by atoms with Crippen molar-refractivity contribution in [2.24, 2.45) is 10.7 Å². The Bertz CT molecular complexity index is 365. The summed E-state index contributed by atoms with van der Waals surface area (Å²) in [4.78, 5) is 4.19. The van der Waals surface area contributed by atoms with Crippen molar-refractivity contribution in [2.75, 3.05) is 19.7 Å². The molecule has 5 heteroatoms. The maximum absolute atomic E-state index is 5.69. The maximum atomic E-state index is 5.69. The number of nitrogens with one attached hydrogen (secondary N) is 1. The van der Waals surface area contributed by atoms with Gasteiger partial charge in [0.1, 0.15) is 12.4 Å². The zero-order valence-corrected chi connectivity index (χ0v) is 12.2. The number of hydrogen-bond donors (Lipinski definition) is 2. The van der Waals surface area contributed by atoms with Gasteiger partial charge >= 0.3 is 0 Å². The van der Waals surface area contributed by atoms with Crippen LogP contribution in [0.2, 0.25) is 0 Å². The van der Waals surface area contributed by atoms with E-state index in [1.807, 2.05) is 24.3 Å². The van der Waals surface area contributed by atoms with E-state index in [0.717, 1.165) is 29.6 Å². The van der Waals surface area contributed by atoms with E-state index >= 15 is 0 Å². The molecule has 0 amide bonds. The molecule has 100 valence electrons. The third kappa shape index (κ3) is 6.49. The van der Waals surface area contributed by atoms with Gasteiger partial charge in [0.2, 0.25) is 0 Å². The van der Waals surface area contributed by atoms with Crippen molar-refractivity contribution in [2.45, 2.75) is 19.8 Å². The number of rotatable bonds is 7. The highest BCUT2D eigenvalue weighted by atomic mass is 79.9. The van der Waals surface area contributed by atoms with Crippen molar-refractivity contribution >= 4 is 21.9 Å². The van der Waals surface area contributed by atoms with Crippen LogP contribution >= 0.6 is 15.9 Å². The summed E-state index contributed by atoms with van der Waals surface area (Å²) in [7, 11) is 0. The highest BCUT2D eigenvalue weighted by molar-refractivity contribution is 9.10. The van der Waals surface area contributed by atoms with E-state index in [9.17, 15) is 0 Å². The first-order valence-corrected chi connectivity index (χ1v) is 6.94. The Hall–Kier alpha value is -1.23. The number of nitrogens with zero attached hydrogens (tertiary/aromatic N) is 1. The fourth-order valence-electron chi connectivity index (χ4n) is 1.29. The lowest BCUT2D eigenvalue weighted by Gasteiger charge is -2.08. The minimum atomic E-state index is 0.489. The number of guanidine groups is 1. The molecule has 1 aromatic carbocycles. The molecule has 1 aromatic rings. The fourth-order valence-corrected chi connectivity index (χ4v) is 1.56. The van der Waals surface area contributed by atoms with Gasteiger partial charge in [-0.1, -0.05) is 29.3 Å². The highest BCUT2D eigenvalue weighted by Crippen LogP contribution is 2.15. The van der Waals surface area contributed by atoms with Gasteiger partial charge in [0, 0.05) is 11.0 Å². The van der Waals surface area contributed by atoms with E-state index in [1.54, 1.807) is 0 Å². The van der Waals surface area contributed by atoms with Crippen molar-refractivity contribution in [3.8, 4) is 5.75 Å². The highest BCUT2D eigenvalue weighted by Gasteiger charge is 1.94. The Balaban J connectivity index is 2.14. The minimum absolute atomic E-state index is 0.489. The van der Waals surface area contributed by atoms with Crippen molar-refractivity contribution < 1.29 is 4.74 Å². The van der Waals surface area contributed by atoms with E-state index in [-0.39, 0.29) is 0 Å². The first kappa shape index (κ1) is 14.8. The fraction of sp³-hybridized carbons (Fsp3) is 0.462. The van der Waals surface area contributed by atoms with Gasteiger partial charge < -0.3 is 15.8 Å². The molecule has 0 spiro atoms. The van der Waals surface area contributed by atoms with Gasteiger partial charge in [0.25, 0.3) is 0 Å². The molecular weight excluding hydrogens is 294 g/mol.